The SMILES string of the molecule is CSc1ccc2nc(C(F)(F)F)nc(Cl)c2c1. The van der Waals surface area contributed by atoms with Crippen molar-refractivity contribution < 1.29 is 13.2 Å². The van der Waals surface area contributed by atoms with Crippen molar-refractivity contribution in [3.63, 3.8) is 0 Å². The van der Waals surface area contributed by atoms with Crippen molar-refractivity contribution in [2.75, 3.05) is 6.26 Å². The molecule has 90 valence electrons. The molecule has 0 radical (unpaired) electrons. The minimum Gasteiger partial charge on any atom is -0.224 e. The molecule has 0 saturated carbocycles. The number of hydrogen-bond donors (Lipinski definition) is 0. The molecule has 2 aromatic rings. The van der Waals surface area contributed by atoms with Gasteiger partial charge in [0.25, 0.3) is 0 Å². The van der Waals surface area contributed by atoms with Crippen molar-refractivity contribution in [1.82, 2.24) is 9.97 Å². The first-order valence-electron chi connectivity index (χ1n) is 4.50. The molecule has 2 nitrogen and oxygen atoms in total. The van der Waals surface area contributed by atoms with Gasteiger partial charge in [0.05, 0.1) is 5.52 Å². The molecule has 0 N–H and O–H groups in total. The van der Waals surface area contributed by atoms with Crippen molar-refractivity contribution in [1.29, 1.82) is 0 Å². The van der Waals surface area contributed by atoms with E-state index in [4.69, 9.17) is 11.6 Å². The van der Waals surface area contributed by atoms with Crippen LogP contribution in [0.3, 0.4) is 0 Å². The first-order chi connectivity index (χ1) is 7.91. The highest BCUT2D eigenvalue weighted by Crippen LogP contribution is 2.31. The van der Waals surface area contributed by atoms with Crippen LogP contribution >= 0.6 is 23.4 Å². The molecule has 1 aromatic carbocycles. The maximum absolute atomic E-state index is 12.5. The second-order valence-electron chi connectivity index (χ2n) is 3.22. The minimum absolute atomic E-state index is 0.182. The number of alkyl halides is 3. The van der Waals surface area contributed by atoms with E-state index in [0.717, 1.165) is 4.90 Å². The molecule has 0 saturated heterocycles. The van der Waals surface area contributed by atoms with Gasteiger partial charge >= 0.3 is 6.18 Å². The van der Waals surface area contributed by atoms with Crippen LogP contribution in [0, 0.1) is 0 Å². The molecule has 0 unspecified atom stereocenters. The molecule has 1 heterocycles. The molecule has 0 spiro atoms. The summed E-state index contributed by atoms with van der Waals surface area (Å²) in [6, 6.07) is 4.86. The fraction of sp³-hybridized carbons (Fsp3) is 0.200. The summed E-state index contributed by atoms with van der Waals surface area (Å²) in [5.41, 5.74) is 0.190. The van der Waals surface area contributed by atoms with Gasteiger partial charge in [-0.05, 0) is 24.5 Å². The van der Waals surface area contributed by atoms with E-state index in [2.05, 4.69) is 9.97 Å². The van der Waals surface area contributed by atoms with Crippen molar-refractivity contribution in [3.8, 4) is 0 Å². The molecule has 0 amide bonds. The van der Waals surface area contributed by atoms with Crippen LogP contribution in [-0.4, -0.2) is 16.2 Å². The molecule has 0 aliphatic rings. The summed E-state index contributed by atoms with van der Waals surface area (Å²) in [5, 5.41) is 0.241. The molecular formula is C10H6ClF3N2S. The Labute approximate surface area is 104 Å². The fourth-order valence-electron chi connectivity index (χ4n) is 1.32. The Bertz CT molecular complexity index is 571. The van der Waals surface area contributed by atoms with Gasteiger partial charge in [-0.2, -0.15) is 13.2 Å². The highest BCUT2D eigenvalue weighted by molar-refractivity contribution is 7.98. The zero-order chi connectivity index (χ0) is 12.6. The number of benzene rings is 1. The number of rotatable bonds is 1. The summed E-state index contributed by atoms with van der Waals surface area (Å²) >= 11 is 7.20. The zero-order valence-corrected chi connectivity index (χ0v) is 10.1. The number of thioether (sulfide) groups is 1. The number of hydrogen-bond acceptors (Lipinski definition) is 3. The molecule has 0 bridgehead atoms. The van der Waals surface area contributed by atoms with Crippen LogP contribution in [0.5, 0.6) is 0 Å². The lowest BCUT2D eigenvalue weighted by Gasteiger charge is -2.07. The quantitative estimate of drug-likeness (QED) is 0.582. The summed E-state index contributed by atoms with van der Waals surface area (Å²) in [6.45, 7) is 0. The maximum Gasteiger partial charge on any atom is 0.451 e. The lowest BCUT2D eigenvalue weighted by Crippen LogP contribution is -2.11. The van der Waals surface area contributed by atoms with Crippen LogP contribution in [0.2, 0.25) is 5.15 Å². The van der Waals surface area contributed by atoms with E-state index in [1.54, 1.807) is 12.1 Å². The van der Waals surface area contributed by atoms with Crippen LogP contribution in [0.25, 0.3) is 10.9 Å². The minimum atomic E-state index is -4.59. The average Bonchev–Trinajstić information content (AvgIpc) is 2.27. The molecule has 0 aliphatic heterocycles. The highest BCUT2D eigenvalue weighted by atomic mass is 35.5. The van der Waals surface area contributed by atoms with Gasteiger partial charge in [0.15, 0.2) is 0 Å². The predicted molar refractivity (Wildman–Crippen MR) is 61.3 cm³/mol. The summed E-state index contributed by atoms with van der Waals surface area (Å²) in [5.74, 6) is -1.22. The van der Waals surface area contributed by atoms with E-state index in [9.17, 15) is 13.2 Å². The Morgan fingerprint density at radius 2 is 1.94 bits per heavy atom. The first-order valence-corrected chi connectivity index (χ1v) is 6.10. The summed E-state index contributed by atoms with van der Waals surface area (Å²) in [6.07, 6.45) is -2.73. The van der Waals surface area contributed by atoms with E-state index < -0.39 is 12.0 Å². The number of fused-ring (bicyclic) bond motifs is 1. The van der Waals surface area contributed by atoms with Crippen LogP contribution in [0.15, 0.2) is 23.1 Å². The van der Waals surface area contributed by atoms with Gasteiger partial charge in [0, 0.05) is 10.3 Å². The van der Waals surface area contributed by atoms with E-state index in [-0.39, 0.29) is 10.7 Å². The number of aromatic nitrogens is 2. The smallest absolute Gasteiger partial charge is 0.224 e. The molecule has 0 aliphatic carbocycles. The molecule has 1 aromatic heterocycles. The van der Waals surface area contributed by atoms with Crippen LogP contribution in [-0.2, 0) is 6.18 Å². The Morgan fingerprint density at radius 3 is 2.53 bits per heavy atom. The number of nitrogens with zero attached hydrogens (tertiary/aromatic N) is 2. The average molecular weight is 279 g/mol. The predicted octanol–water partition coefficient (Wildman–Crippen LogP) is 4.02. The molecule has 7 heteroatoms. The monoisotopic (exact) mass is 278 g/mol. The maximum atomic E-state index is 12.5. The van der Waals surface area contributed by atoms with Gasteiger partial charge in [-0.1, -0.05) is 11.6 Å². The summed E-state index contributed by atoms with van der Waals surface area (Å²) < 4.78 is 37.4. The van der Waals surface area contributed by atoms with Gasteiger partial charge in [-0.15, -0.1) is 11.8 Å². The van der Waals surface area contributed by atoms with Crippen LogP contribution < -0.4 is 0 Å². The molecule has 0 fully saturated rings. The van der Waals surface area contributed by atoms with Crippen LogP contribution in [0.1, 0.15) is 5.82 Å². The Kier molecular flexibility index (Phi) is 3.18. The van der Waals surface area contributed by atoms with Gasteiger partial charge in [0.1, 0.15) is 5.15 Å². The van der Waals surface area contributed by atoms with Gasteiger partial charge in [-0.3, -0.25) is 0 Å². The third-order valence-corrected chi connectivity index (χ3v) is 3.12. The third-order valence-electron chi connectivity index (χ3n) is 2.11. The Balaban J connectivity index is 2.68. The van der Waals surface area contributed by atoms with Crippen molar-refractivity contribution in [2.24, 2.45) is 0 Å². The molecular weight excluding hydrogens is 273 g/mol. The van der Waals surface area contributed by atoms with Gasteiger partial charge < -0.3 is 0 Å². The lowest BCUT2D eigenvalue weighted by atomic mass is 10.2. The summed E-state index contributed by atoms with van der Waals surface area (Å²) in [7, 11) is 0. The van der Waals surface area contributed by atoms with Crippen molar-refractivity contribution in [3.05, 3.63) is 29.2 Å². The second-order valence-corrected chi connectivity index (χ2v) is 4.46. The number of halogens is 4. The Hall–Kier alpha value is -1.01. The standard InChI is InChI=1S/C10H6ClF3N2S/c1-17-5-2-3-7-6(4-5)8(11)16-9(15-7)10(12,13)14/h2-4H,1H3. The van der Waals surface area contributed by atoms with Crippen molar-refractivity contribution >= 4 is 34.3 Å². The van der Waals surface area contributed by atoms with E-state index in [0.29, 0.717) is 5.39 Å². The lowest BCUT2D eigenvalue weighted by molar-refractivity contribution is -0.144. The molecule has 17 heavy (non-hydrogen) atoms. The first kappa shape index (κ1) is 12.4. The fourth-order valence-corrected chi connectivity index (χ4v) is 2.00. The summed E-state index contributed by atoms with van der Waals surface area (Å²) in [4.78, 5) is 7.61. The Morgan fingerprint density at radius 1 is 1.24 bits per heavy atom. The van der Waals surface area contributed by atoms with E-state index in [1.807, 2.05) is 6.26 Å². The highest BCUT2D eigenvalue weighted by Gasteiger charge is 2.35. The normalized spacial score (nSPS) is 12.1. The largest absolute Gasteiger partial charge is 0.451 e. The van der Waals surface area contributed by atoms with Gasteiger partial charge in [0.2, 0.25) is 5.82 Å². The topological polar surface area (TPSA) is 25.8 Å². The molecule has 0 atom stereocenters. The van der Waals surface area contributed by atoms with Crippen LogP contribution in [0.4, 0.5) is 13.2 Å². The van der Waals surface area contributed by atoms with E-state index in [1.165, 1.54) is 17.8 Å². The zero-order valence-electron chi connectivity index (χ0n) is 8.55. The van der Waals surface area contributed by atoms with E-state index >= 15 is 0 Å². The molecule has 2 rings (SSSR count). The second kappa shape index (κ2) is 4.34. The third kappa shape index (κ3) is 2.47. The van der Waals surface area contributed by atoms with Crippen molar-refractivity contribution in [2.45, 2.75) is 11.1 Å². The van der Waals surface area contributed by atoms with Gasteiger partial charge in [-0.25, -0.2) is 9.97 Å².